The summed E-state index contributed by atoms with van der Waals surface area (Å²) in [5.74, 6) is 1.11. The lowest BCUT2D eigenvalue weighted by Crippen LogP contribution is -2.02. The Morgan fingerprint density at radius 2 is 2.19 bits per heavy atom. The molecule has 0 amide bonds. The maximum Gasteiger partial charge on any atom is 0.248 e. The second kappa shape index (κ2) is 5.24. The molecule has 1 heterocycles. The highest BCUT2D eigenvalue weighted by Crippen LogP contribution is 2.27. The van der Waals surface area contributed by atoms with E-state index in [1.807, 2.05) is 18.2 Å². The van der Waals surface area contributed by atoms with E-state index < -0.39 is 0 Å². The molecule has 0 atom stereocenters. The van der Waals surface area contributed by atoms with E-state index in [-0.39, 0.29) is 0 Å². The molecule has 2 N–H and O–H groups in total. The summed E-state index contributed by atoms with van der Waals surface area (Å²) in [7, 11) is 0. The zero-order valence-corrected chi connectivity index (χ0v) is 12.0. The van der Waals surface area contributed by atoms with Crippen molar-refractivity contribution in [2.24, 2.45) is 5.73 Å². The average Bonchev–Trinajstić information content (AvgIpc) is 2.71. The van der Waals surface area contributed by atoms with Crippen LogP contribution < -0.4 is 5.73 Å². The Morgan fingerprint density at radius 1 is 1.38 bits per heavy atom. The molecular formula is C10H9BrIN3O. The van der Waals surface area contributed by atoms with Gasteiger partial charge in [-0.15, -0.1) is 10.2 Å². The summed E-state index contributed by atoms with van der Waals surface area (Å²) in [6.07, 6.45) is 0.609. The molecule has 2 rings (SSSR count). The van der Waals surface area contributed by atoms with Gasteiger partial charge in [-0.05, 0) is 40.8 Å². The van der Waals surface area contributed by atoms with Crippen molar-refractivity contribution in [1.29, 1.82) is 0 Å². The Kier molecular flexibility index (Phi) is 3.93. The van der Waals surface area contributed by atoms with Crippen LogP contribution in [-0.2, 0) is 6.42 Å². The monoisotopic (exact) mass is 393 g/mol. The number of benzene rings is 1. The molecule has 0 aliphatic carbocycles. The molecule has 0 saturated carbocycles. The molecule has 1 aromatic carbocycles. The van der Waals surface area contributed by atoms with Crippen LogP contribution >= 0.6 is 38.5 Å². The zero-order chi connectivity index (χ0) is 11.5. The van der Waals surface area contributed by atoms with Crippen LogP contribution in [0.5, 0.6) is 0 Å². The number of aromatic nitrogens is 2. The van der Waals surface area contributed by atoms with Crippen LogP contribution in [0.25, 0.3) is 11.5 Å². The number of nitrogens with two attached hydrogens (primary N) is 1. The van der Waals surface area contributed by atoms with Crippen molar-refractivity contribution in [2.75, 3.05) is 6.54 Å². The van der Waals surface area contributed by atoms with Crippen LogP contribution in [0, 0.1) is 3.57 Å². The van der Waals surface area contributed by atoms with E-state index in [4.69, 9.17) is 10.2 Å². The van der Waals surface area contributed by atoms with Gasteiger partial charge in [-0.2, -0.15) is 0 Å². The van der Waals surface area contributed by atoms with Gasteiger partial charge in [0.2, 0.25) is 11.8 Å². The maximum absolute atomic E-state index is 5.52. The van der Waals surface area contributed by atoms with E-state index in [9.17, 15) is 0 Å². The molecule has 0 aliphatic heterocycles. The lowest BCUT2D eigenvalue weighted by Gasteiger charge is -1.99. The topological polar surface area (TPSA) is 64.9 Å². The molecule has 0 aliphatic rings. The van der Waals surface area contributed by atoms with Crippen LogP contribution in [-0.4, -0.2) is 16.7 Å². The summed E-state index contributed by atoms with van der Waals surface area (Å²) in [5, 5.41) is 7.95. The SMILES string of the molecule is NCCc1nnc(-c2cc(Br)ccc2I)o1. The van der Waals surface area contributed by atoms with Gasteiger partial charge >= 0.3 is 0 Å². The predicted octanol–water partition coefficient (Wildman–Crippen LogP) is 2.60. The summed E-state index contributed by atoms with van der Waals surface area (Å²) >= 11 is 5.66. The van der Waals surface area contributed by atoms with Crippen LogP contribution in [0.3, 0.4) is 0 Å². The minimum atomic E-state index is 0.511. The van der Waals surface area contributed by atoms with E-state index in [2.05, 4.69) is 48.7 Å². The van der Waals surface area contributed by atoms with Gasteiger partial charge in [0.15, 0.2) is 0 Å². The van der Waals surface area contributed by atoms with Crippen molar-refractivity contribution in [3.05, 3.63) is 32.1 Å². The third-order valence-electron chi connectivity index (χ3n) is 1.98. The summed E-state index contributed by atoms with van der Waals surface area (Å²) in [4.78, 5) is 0. The fourth-order valence-electron chi connectivity index (χ4n) is 1.25. The summed E-state index contributed by atoms with van der Waals surface area (Å²) < 4.78 is 7.58. The molecule has 2 aromatic rings. The molecular weight excluding hydrogens is 385 g/mol. The van der Waals surface area contributed by atoms with Gasteiger partial charge in [0.25, 0.3) is 0 Å². The van der Waals surface area contributed by atoms with E-state index in [0.29, 0.717) is 24.7 Å². The summed E-state index contributed by atoms with van der Waals surface area (Å²) in [6.45, 7) is 0.511. The lowest BCUT2D eigenvalue weighted by atomic mass is 10.2. The first-order valence-electron chi connectivity index (χ1n) is 4.68. The van der Waals surface area contributed by atoms with Crippen molar-refractivity contribution < 1.29 is 4.42 Å². The third-order valence-corrected chi connectivity index (χ3v) is 3.42. The highest BCUT2D eigenvalue weighted by atomic mass is 127. The molecule has 0 saturated heterocycles. The largest absolute Gasteiger partial charge is 0.421 e. The number of hydrogen-bond acceptors (Lipinski definition) is 4. The van der Waals surface area contributed by atoms with Crippen molar-refractivity contribution in [2.45, 2.75) is 6.42 Å². The van der Waals surface area contributed by atoms with Crippen molar-refractivity contribution in [3.8, 4) is 11.5 Å². The quantitative estimate of drug-likeness (QED) is 0.814. The van der Waals surface area contributed by atoms with Crippen LogP contribution in [0.4, 0.5) is 0 Å². The molecule has 6 heteroatoms. The smallest absolute Gasteiger partial charge is 0.248 e. The van der Waals surface area contributed by atoms with Gasteiger partial charge in [0, 0.05) is 21.0 Å². The van der Waals surface area contributed by atoms with E-state index in [1.54, 1.807) is 0 Å². The summed E-state index contributed by atoms with van der Waals surface area (Å²) in [6, 6.07) is 5.93. The van der Waals surface area contributed by atoms with Crippen molar-refractivity contribution >= 4 is 38.5 Å². The van der Waals surface area contributed by atoms with E-state index in [1.165, 1.54) is 0 Å². The second-order valence-electron chi connectivity index (χ2n) is 3.16. The first-order valence-corrected chi connectivity index (χ1v) is 6.56. The van der Waals surface area contributed by atoms with Gasteiger partial charge in [-0.25, -0.2) is 0 Å². The molecule has 0 unspecified atom stereocenters. The number of nitrogens with zero attached hydrogens (tertiary/aromatic N) is 2. The fraction of sp³-hybridized carbons (Fsp3) is 0.200. The molecule has 0 radical (unpaired) electrons. The van der Waals surface area contributed by atoms with Crippen LogP contribution in [0.1, 0.15) is 5.89 Å². The molecule has 4 nitrogen and oxygen atoms in total. The summed E-state index contributed by atoms with van der Waals surface area (Å²) in [5.41, 5.74) is 6.36. The Hall–Kier alpha value is -0.470. The Morgan fingerprint density at radius 3 is 2.94 bits per heavy atom. The van der Waals surface area contributed by atoms with Crippen molar-refractivity contribution in [3.63, 3.8) is 0 Å². The first-order chi connectivity index (χ1) is 7.70. The van der Waals surface area contributed by atoms with Crippen LogP contribution in [0.15, 0.2) is 27.1 Å². The predicted molar refractivity (Wildman–Crippen MR) is 72.9 cm³/mol. The molecule has 16 heavy (non-hydrogen) atoms. The molecule has 0 bridgehead atoms. The van der Waals surface area contributed by atoms with Gasteiger partial charge in [0.05, 0.1) is 5.56 Å². The molecule has 0 fully saturated rings. The lowest BCUT2D eigenvalue weighted by molar-refractivity contribution is 0.507. The molecule has 84 valence electrons. The first kappa shape index (κ1) is 12.0. The highest BCUT2D eigenvalue weighted by Gasteiger charge is 2.11. The Balaban J connectivity index is 2.38. The Labute approximate surface area is 115 Å². The van der Waals surface area contributed by atoms with Crippen molar-refractivity contribution in [1.82, 2.24) is 10.2 Å². The number of halogens is 2. The number of hydrogen-bond donors (Lipinski definition) is 1. The van der Waals surface area contributed by atoms with Gasteiger partial charge in [-0.1, -0.05) is 15.9 Å². The molecule has 0 spiro atoms. The minimum Gasteiger partial charge on any atom is -0.421 e. The number of rotatable bonds is 3. The van der Waals surface area contributed by atoms with Crippen LogP contribution in [0.2, 0.25) is 0 Å². The van der Waals surface area contributed by atoms with Gasteiger partial charge in [-0.3, -0.25) is 0 Å². The standard InChI is InChI=1S/C10H9BrIN3O/c11-6-1-2-8(12)7(5-6)10-15-14-9(16-10)3-4-13/h1-2,5H,3-4,13H2. The zero-order valence-electron chi connectivity index (χ0n) is 8.28. The molecule has 1 aromatic heterocycles. The average molecular weight is 394 g/mol. The van der Waals surface area contributed by atoms with Gasteiger partial charge in [0.1, 0.15) is 0 Å². The normalized spacial score (nSPS) is 10.7. The second-order valence-corrected chi connectivity index (χ2v) is 5.24. The van der Waals surface area contributed by atoms with E-state index >= 15 is 0 Å². The maximum atomic E-state index is 5.52. The third kappa shape index (κ3) is 2.61. The Bertz CT molecular complexity index is 501. The van der Waals surface area contributed by atoms with Gasteiger partial charge < -0.3 is 10.2 Å². The minimum absolute atomic E-state index is 0.511. The highest BCUT2D eigenvalue weighted by molar-refractivity contribution is 14.1. The van der Waals surface area contributed by atoms with E-state index in [0.717, 1.165) is 13.6 Å². The fourth-order valence-corrected chi connectivity index (χ4v) is 2.18.